The highest BCUT2D eigenvalue weighted by atomic mass is 32.2. The number of fused-ring (bicyclic) bond motifs is 4. The van der Waals surface area contributed by atoms with E-state index in [4.69, 9.17) is 22.9 Å². The van der Waals surface area contributed by atoms with Crippen molar-refractivity contribution >= 4 is 125 Å². The lowest BCUT2D eigenvalue weighted by atomic mass is 9.79. The highest BCUT2D eigenvalue weighted by Gasteiger charge is 2.40. The number of sulfonamides is 2. The second kappa shape index (κ2) is 41.1. The number of anilines is 5. The normalized spacial score (nSPS) is 20.6. The summed E-state index contributed by atoms with van der Waals surface area (Å²) in [7, 11) is -13.1. The van der Waals surface area contributed by atoms with E-state index < -0.39 is 57.9 Å². The number of nitrogens with one attached hydrogen (secondary N) is 6. The molecule has 8 fully saturated rings. The molecule has 13 aromatic rings. The van der Waals surface area contributed by atoms with Gasteiger partial charge in [0.1, 0.15) is 82.7 Å². The Balaban J connectivity index is 0.000000122. The van der Waals surface area contributed by atoms with Gasteiger partial charge in [-0.3, -0.25) is 14.3 Å². The number of amides is 1. The van der Waals surface area contributed by atoms with Gasteiger partial charge in [-0.15, -0.1) is 0 Å². The molecule has 4 aliphatic carbocycles. The van der Waals surface area contributed by atoms with Crippen LogP contribution in [0.2, 0.25) is 0 Å². The van der Waals surface area contributed by atoms with Gasteiger partial charge in [0.25, 0.3) is 10.2 Å². The van der Waals surface area contributed by atoms with Crippen molar-refractivity contribution < 1.29 is 43.3 Å². The van der Waals surface area contributed by atoms with E-state index in [-0.39, 0.29) is 25.4 Å². The number of likely N-dealkylation sites (tertiary alicyclic amines) is 4. The summed E-state index contributed by atoms with van der Waals surface area (Å²) in [6.45, 7) is 17.3. The maximum atomic E-state index is 12.5. The molecule has 4 saturated carbocycles. The number of aryl methyl sites for hydroxylation is 1. The number of rotatable bonds is 34. The number of carbonyl (C=O) groups is 2. The highest BCUT2D eigenvalue weighted by molar-refractivity contribution is 7.91. The van der Waals surface area contributed by atoms with E-state index in [2.05, 4.69) is 126 Å². The summed E-state index contributed by atoms with van der Waals surface area (Å²) in [6, 6.07) is 41.5. The van der Waals surface area contributed by atoms with Crippen LogP contribution in [0.3, 0.4) is 0 Å². The topological polar surface area (TPSA) is 483 Å². The van der Waals surface area contributed by atoms with Crippen molar-refractivity contribution in [3.8, 4) is 44.5 Å². The minimum atomic E-state index is -3.91. The predicted octanol–water partition coefficient (Wildman–Crippen LogP) is 10.4. The SMILES string of the molecule is CC(=O)CS(=O)(=O)NCc1cccc(-c2cn(C3CC(CN4CCC4)C3)c3ncnc(N)c23)c1.CC(=O)NS(=O)(=O)NCc1cccc(-c2cn(C3CC(CN4CCC4)C3)c3ncnc(N)c23)c1.CNS(=O)(=O)CCc1cccc(-c2cn(C3CC(CN4CCC4)C3)c3ncnc(N)c23)c1.Nc1ncnc2c1c(-c1cccc(CNS(=O)(=O)Nc3ccccc3)c1)cn2C1CC(CN2CCC2)C1. The number of hydrogen-bond acceptors (Lipinski definition) is 26. The molecular weight excluding hydrogens is 1820 g/mol. The van der Waals surface area contributed by atoms with Gasteiger partial charge >= 0.3 is 10.2 Å². The van der Waals surface area contributed by atoms with Gasteiger partial charge in [0.15, 0.2) is 0 Å². The van der Waals surface area contributed by atoms with E-state index in [1.807, 2.05) is 108 Å². The second-order valence-electron chi connectivity index (χ2n) is 37.8. The van der Waals surface area contributed by atoms with Gasteiger partial charge < -0.3 is 60.8 Å². The molecule has 21 rings (SSSR count). The Bertz CT molecular complexity index is 6860. The molecule has 0 spiro atoms. The van der Waals surface area contributed by atoms with Crippen LogP contribution < -0.4 is 51.3 Å². The van der Waals surface area contributed by atoms with Crippen LogP contribution in [0.15, 0.2) is 177 Å². The van der Waals surface area contributed by atoms with Crippen molar-refractivity contribution in [3.05, 3.63) is 200 Å². The molecule has 36 nitrogen and oxygen atoms in total. The van der Waals surface area contributed by atoms with E-state index in [0.717, 1.165) is 187 Å². The maximum Gasteiger partial charge on any atom is 0.301 e. The van der Waals surface area contributed by atoms with Crippen molar-refractivity contribution in [2.75, 3.05) is 125 Å². The fraction of sp³-hybridized carbons (Fsp3) is 0.423. The highest BCUT2D eigenvalue weighted by Crippen LogP contribution is 2.49. The summed E-state index contributed by atoms with van der Waals surface area (Å²) < 4.78 is 120. The van der Waals surface area contributed by atoms with Crippen molar-refractivity contribution in [1.82, 2.24) is 101 Å². The van der Waals surface area contributed by atoms with E-state index in [0.29, 0.717) is 65.5 Å². The third kappa shape index (κ3) is 22.6. The molecule has 8 aliphatic rings. The summed E-state index contributed by atoms with van der Waals surface area (Å²) in [6.07, 6.45) is 29.4. The molecule has 4 aliphatic heterocycles. The molecule has 8 aromatic heterocycles. The number of hydrogen-bond donors (Lipinski definition) is 10. The van der Waals surface area contributed by atoms with Crippen LogP contribution in [0, 0.1) is 23.7 Å². The van der Waals surface area contributed by atoms with E-state index in [1.165, 1.54) is 144 Å². The van der Waals surface area contributed by atoms with Gasteiger partial charge in [0, 0.05) is 130 Å². The molecule has 40 heteroatoms. The van der Waals surface area contributed by atoms with Gasteiger partial charge in [-0.05, 0) is 248 Å². The largest absolute Gasteiger partial charge is 0.383 e. The zero-order valence-electron chi connectivity index (χ0n) is 77.3. The Hall–Kier alpha value is -11.8. The third-order valence-electron chi connectivity index (χ3n) is 27.9. The first kappa shape index (κ1) is 95.5. The molecular formula is C97H120N26O10S4. The van der Waals surface area contributed by atoms with Gasteiger partial charge in [0.2, 0.25) is 26.0 Å². The first-order chi connectivity index (χ1) is 66.0. The molecule has 0 radical (unpaired) electrons. The Morgan fingerprint density at radius 1 is 0.372 bits per heavy atom. The number of nitrogen functional groups attached to an aromatic ring is 4. The number of carbonyl (C=O) groups excluding carboxylic acids is 2. The number of Topliss-reactive ketones (excluding diaryl/α,β-unsaturated/α-hetero) is 1. The fourth-order valence-corrected chi connectivity index (χ4v) is 23.4. The minimum absolute atomic E-state index is 0.0435. The summed E-state index contributed by atoms with van der Waals surface area (Å²) in [5.74, 6) is 3.19. The van der Waals surface area contributed by atoms with Gasteiger partial charge in [-0.25, -0.2) is 70.9 Å². The molecule has 14 N–H and O–H groups in total. The third-order valence-corrected chi connectivity index (χ3v) is 32.7. The Labute approximate surface area is 798 Å². The average Bonchev–Trinajstić information content (AvgIpc) is 1.62. The summed E-state index contributed by atoms with van der Waals surface area (Å²) in [5, 5.41) is 3.35. The van der Waals surface area contributed by atoms with Crippen molar-refractivity contribution in [3.63, 3.8) is 0 Å². The number of nitrogens with two attached hydrogens (primary N) is 4. The molecule has 1 amide bonds. The maximum absolute atomic E-state index is 12.5. The molecule has 0 unspecified atom stereocenters. The lowest BCUT2D eigenvalue weighted by Crippen LogP contribution is -2.43. The zero-order valence-corrected chi connectivity index (χ0v) is 80.5. The summed E-state index contributed by atoms with van der Waals surface area (Å²) in [4.78, 5) is 67.6. The van der Waals surface area contributed by atoms with Crippen LogP contribution in [0.1, 0.15) is 137 Å². The Morgan fingerprint density at radius 2 is 0.679 bits per heavy atom. The van der Waals surface area contributed by atoms with Crippen LogP contribution in [-0.4, -0.2) is 220 Å². The molecule has 5 aromatic carbocycles. The van der Waals surface area contributed by atoms with Gasteiger partial charge in [-0.2, -0.15) is 26.3 Å². The molecule has 0 bridgehead atoms. The van der Waals surface area contributed by atoms with Crippen LogP contribution in [0.5, 0.6) is 0 Å². The molecule has 722 valence electrons. The second-order valence-corrected chi connectivity index (χ2v) is 44.7. The van der Waals surface area contributed by atoms with E-state index in [1.54, 1.807) is 24.3 Å². The lowest BCUT2D eigenvalue weighted by molar-refractivity contribution is -0.117. The Kier molecular flexibility index (Phi) is 28.6. The molecule has 137 heavy (non-hydrogen) atoms. The van der Waals surface area contributed by atoms with Gasteiger partial charge in [0.05, 0.1) is 27.3 Å². The number of ketones is 1. The number of nitrogens with zero attached hydrogens (tertiary/aromatic N) is 16. The Morgan fingerprint density at radius 3 is 0.978 bits per heavy atom. The molecule has 0 atom stereocenters. The van der Waals surface area contributed by atoms with Crippen molar-refractivity contribution in [1.29, 1.82) is 0 Å². The predicted molar refractivity (Wildman–Crippen MR) is 534 cm³/mol. The standard InChI is InChI=1S/C27H31N7O2S.C24H30N6O3S.C23H29N7O3S.C23H30N6O2S/c28-26-25-24(17-34(27(25)30-18-29-26)23-13-20(14-23)16-33-10-5-11-33)21-7-4-6-19(12-21)15-31-37(35,36)32-22-8-2-1-3-9-22;1-16(31)14-34(32,33)28-11-17-4-2-5-19(8-17)21-13-30(24-22(21)23(25)26-15-27-24)20-9-18(10-20)12-29-6-3-7-29;1-15(31)28-34(32,33)27-11-16-4-2-5-18(8-16)20-13-30(23-21(20)22(24)25-14-26-23)19-9-17(10-19)12-29-6-3-7-29;1-25-32(30,31)9-6-16-4-2-5-18(10-16)20-14-29(23-21(20)22(24)26-15-27-23)19-11-17(12-19)13-28-7-3-8-28/h1-4,6-9,12,17-18,20,23,31-32H,5,10-11,13-16H2,(H2,28,29,30);2,4-5,8,13,15,18,20,28H,3,6-7,9-12,14H2,1H3,(H2,25,26,27);2,4-5,8,13-14,17,19,27H,3,6-7,9-12H2,1H3,(H,28,31)(H2,24,25,26);2,4-5,10,14-15,17,19,25H,3,6-9,11-13H2,1H3,(H2,24,26,27). The number of para-hydroxylation sites is 1. The monoisotopic (exact) mass is 1940 g/mol. The van der Waals surface area contributed by atoms with Crippen LogP contribution >= 0.6 is 0 Å². The summed E-state index contributed by atoms with van der Waals surface area (Å²) in [5.41, 5.74) is 40.1. The summed E-state index contributed by atoms with van der Waals surface area (Å²) >= 11 is 0. The van der Waals surface area contributed by atoms with Crippen LogP contribution in [0.4, 0.5) is 29.0 Å². The molecule has 12 heterocycles. The fourth-order valence-electron chi connectivity index (χ4n) is 20.0. The quantitative estimate of drug-likeness (QED) is 0.0179. The molecule has 4 saturated heterocycles. The van der Waals surface area contributed by atoms with Crippen LogP contribution in [0.25, 0.3) is 88.6 Å². The number of benzene rings is 5. The minimum Gasteiger partial charge on any atom is -0.383 e. The smallest absolute Gasteiger partial charge is 0.301 e. The first-order valence-electron chi connectivity index (χ1n) is 47.2. The first-order valence-corrected chi connectivity index (χ1v) is 53.4. The van der Waals surface area contributed by atoms with E-state index >= 15 is 0 Å². The van der Waals surface area contributed by atoms with Gasteiger partial charge in [-0.1, -0.05) is 97.1 Å². The van der Waals surface area contributed by atoms with Crippen LogP contribution in [-0.2, 0) is 76.1 Å². The lowest BCUT2D eigenvalue weighted by Gasteiger charge is -2.42. The zero-order chi connectivity index (χ0) is 95.4. The average molecular weight is 1940 g/mol. The van der Waals surface area contributed by atoms with Crippen molar-refractivity contribution in [2.24, 2.45) is 23.7 Å². The number of aromatic nitrogens is 12. The van der Waals surface area contributed by atoms with Crippen molar-refractivity contribution in [2.45, 2.75) is 141 Å². The van der Waals surface area contributed by atoms with E-state index in [9.17, 15) is 43.3 Å².